The van der Waals surface area contributed by atoms with Crippen molar-refractivity contribution in [3.05, 3.63) is 120 Å². The van der Waals surface area contributed by atoms with Crippen LogP contribution in [0.4, 0.5) is 0 Å². The lowest BCUT2D eigenvalue weighted by Crippen LogP contribution is -2.25. The zero-order chi connectivity index (χ0) is 26.9. The lowest BCUT2D eigenvalue weighted by atomic mass is 9.95. The molecule has 0 atom stereocenters. The Hall–Kier alpha value is -4.91. The molecule has 0 spiro atoms. The Morgan fingerprint density at radius 2 is 1.42 bits per heavy atom. The van der Waals surface area contributed by atoms with Gasteiger partial charge in [0.15, 0.2) is 12.0 Å². The molecule has 7 heteroatoms. The Morgan fingerprint density at radius 3 is 2.18 bits per heavy atom. The lowest BCUT2D eigenvalue weighted by molar-refractivity contribution is -0.577. The maximum absolute atomic E-state index is 11.3. The predicted octanol–water partition coefficient (Wildman–Crippen LogP) is 5.52. The fourth-order valence-electron chi connectivity index (χ4n) is 4.15. The van der Waals surface area contributed by atoms with Gasteiger partial charge in [-0.15, -0.1) is 0 Å². The fraction of sp³-hybridized carbons (Fsp3) is 0.129. The van der Waals surface area contributed by atoms with Gasteiger partial charge in [0.25, 0.3) is 0 Å². The summed E-state index contributed by atoms with van der Waals surface area (Å²) in [6, 6.07) is 26.6. The smallest absolute Gasteiger partial charge is 0.227 e. The predicted molar refractivity (Wildman–Crippen MR) is 148 cm³/mol. The van der Waals surface area contributed by atoms with Crippen LogP contribution >= 0.6 is 0 Å². The minimum Gasteiger partial charge on any atom is -0.618 e. The SMILES string of the molecule is COC1=CC(=O)Cc2ccccc21.COc1cc[n+]([O-])c2ccccc12.COc1ccnc2ccccc12. The standard InChI is InChI=1S/C11H10O2.C10H9NO2.C10H9NO/c1-13-11-7-9(12)6-8-4-2-3-5-10(8)11;1-13-10-6-7-11(12)9-5-3-2-4-8(9)10;1-12-10-6-7-11-9-5-3-2-4-8(9)10/h2-5,7H,6H2,1H3;2-7H,1H3;2-7H,1H3. The van der Waals surface area contributed by atoms with E-state index in [1.54, 1.807) is 45.7 Å². The van der Waals surface area contributed by atoms with E-state index in [9.17, 15) is 10.0 Å². The summed E-state index contributed by atoms with van der Waals surface area (Å²) in [6.07, 6.45) is 5.24. The molecule has 5 aromatic rings. The number of nitrogens with zero attached hydrogens (tertiary/aromatic N) is 2. The third-order valence-electron chi connectivity index (χ3n) is 5.98. The number of rotatable bonds is 3. The molecule has 3 aromatic carbocycles. The molecule has 0 aliphatic heterocycles. The quantitative estimate of drug-likeness (QED) is 0.236. The maximum Gasteiger partial charge on any atom is 0.227 e. The normalized spacial score (nSPS) is 11.8. The van der Waals surface area contributed by atoms with Crippen LogP contribution in [0.2, 0.25) is 0 Å². The Kier molecular flexibility index (Phi) is 8.51. The van der Waals surface area contributed by atoms with Gasteiger partial charge in [-0.25, -0.2) is 0 Å². The molecule has 1 aliphatic carbocycles. The van der Waals surface area contributed by atoms with E-state index in [0.717, 1.165) is 43.6 Å². The molecule has 7 nitrogen and oxygen atoms in total. The molecule has 0 saturated carbocycles. The number of para-hydroxylation sites is 2. The van der Waals surface area contributed by atoms with Crippen LogP contribution in [0.5, 0.6) is 11.5 Å². The number of hydrogen-bond acceptors (Lipinski definition) is 6. The summed E-state index contributed by atoms with van der Waals surface area (Å²) in [7, 11) is 4.85. The first-order chi connectivity index (χ1) is 18.5. The van der Waals surface area contributed by atoms with Crippen molar-refractivity contribution in [1.29, 1.82) is 0 Å². The highest BCUT2D eigenvalue weighted by Gasteiger charge is 2.16. The van der Waals surface area contributed by atoms with Crippen LogP contribution in [0.3, 0.4) is 0 Å². The van der Waals surface area contributed by atoms with Crippen LogP contribution in [0.25, 0.3) is 27.6 Å². The van der Waals surface area contributed by atoms with Crippen LogP contribution in [-0.4, -0.2) is 32.1 Å². The van der Waals surface area contributed by atoms with Gasteiger partial charge >= 0.3 is 0 Å². The van der Waals surface area contributed by atoms with Gasteiger partial charge < -0.3 is 19.4 Å². The summed E-state index contributed by atoms with van der Waals surface area (Å²) in [4.78, 5) is 15.4. The van der Waals surface area contributed by atoms with Crippen LogP contribution in [0.1, 0.15) is 11.1 Å². The number of carbonyl (C=O) groups excluding carboxylic acids is 1. The number of hydrogen-bond donors (Lipinski definition) is 0. The second-order valence-electron chi connectivity index (χ2n) is 8.27. The van der Waals surface area contributed by atoms with Gasteiger partial charge in [-0.3, -0.25) is 9.78 Å². The molecule has 0 bridgehead atoms. The Bertz CT molecular complexity index is 1590. The van der Waals surface area contributed by atoms with E-state index in [4.69, 9.17) is 14.2 Å². The van der Waals surface area contributed by atoms with Crippen molar-refractivity contribution in [2.75, 3.05) is 21.3 Å². The van der Waals surface area contributed by atoms with Crippen molar-refractivity contribution >= 4 is 33.3 Å². The monoisotopic (exact) mass is 508 g/mol. The Balaban J connectivity index is 0.000000133. The molecule has 0 unspecified atom stereocenters. The number of ether oxygens (including phenoxy) is 3. The number of carbonyl (C=O) groups is 1. The highest BCUT2D eigenvalue weighted by molar-refractivity contribution is 6.00. The molecule has 0 amide bonds. The molecular weight excluding hydrogens is 480 g/mol. The van der Waals surface area contributed by atoms with Gasteiger partial charge in [0.05, 0.1) is 32.2 Å². The van der Waals surface area contributed by atoms with Crippen molar-refractivity contribution in [2.45, 2.75) is 6.42 Å². The van der Waals surface area contributed by atoms with Gasteiger partial charge in [-0.2, -0.15) is 4.73 Å². The largest absolute Gasteiger partial charge is 0.618 e. The highest BCUT2D eigenvalue weighted by atomic mass is 16.5. The second kappa shape index (κ2) is 12.4. The summed E-state index contributed by atoms with van der Waals surface area (Å²) in [5.41, 5.74) is 3.68. The highest BCUT2D eigenvalue weighted by Crippen LogP contribution is 2.25. The molecule has 0 N–H and O–H groups in total. The number of ketones is 1. The molecule has 2 heterocycles. The molecule has 2 aromatic heterocycles. The summed E-state index contributed by atoms with van der Waals surface area (Å²) >= 11 is 0. The first-order valence-electron chi connectivity index (χ1n) is 11.9. The van der Waals surface area contributed by atoms with Crippen LogP contribution < -0.4 is 14.2 Å². The number of allylic oxidation sites excluding steroid dienone is 1. The van der Waals surface area contributed by atoms with Crippen molar-refractivity contribution in [2.24, 2.45) is 0 Å². The second-order valence-corrected chi connectivity index (χ2v) is 8.27. The zero-order valence-corrected chi connectivity index (χ0v) is 21.5. The minimum absolute atomic E-state index is 0.107. The Morgan fingerprint density at radius 1 is 0.763 bits per heavy atom. The summed E-state index contributed by atoms with van der Waals surface area (Å²) in [6.45, 7) is 0. The summed E-state index contributed by atoms with van der Waals surface area (Å²) < 4.78 is 16.3. The zero-order valence-electron chi connectivity index (χ0n) is 21.5. The third-order valence-corrected chi connectivity index (χ3v) is 5.98. The van der Waals surface area contributed by atoms with Crippen LogP contribution in [0, 0.1) is 5.21 Å². The van der Waals surface area contributed by atoms with Gasteiger partial charge in [0, 0.05) is 41.8 Å². The topological polar surface area (TPSA) is 84.6 Å². The van der Waals surface area contributed by atoms with E-state index in [2.05, 4.69) is 4.98 Å². The molecule has 38 heavy (non-hydrogen) atoms. The van der Waals surface area contributed by atoms with Gasteiger partial charge in [0.2, 0.25) is 5.52 Å². The van der Waals surface area contributed by atoms with E-state index in [-0.39, 0.29) is 5.78 Å². The molecule has 192 valence electrons. The molecule has 0 fully saturated rings. The Labute approximate surface area is 221 Å². The lowest BCUT2D eigenvalue weighted by Gasteiger charge is -2.15. The third kappa shape index (κ3) is 5.90. The number of methoxy groups -OCH3 is 3. The fourth-order valence-corrected chi connectivity index (χ4v) is 4.15. The van der Waals surface area contributed by atoms with Crippen molar-refractivity contribution in [1.82, 2.24) is 4.98 Å². The number of fused-ring (bicyclic) bond motifs is 3. The van der Waals surface area contributed by atoms with E-state index in [1.165, 1.54) is 6.20 Å². The summed E-state index contributed by atoms with van der Waals surface area (Å²) in [5.74, 6) is 2.38. The minimum atomic E-state index is 0.107. The first-order valence-corrected chi connectivity index (χ1v) is 11.9. The van der Waals surface area contributed by atoms with Gasteiger partial charge in [-0.05, 0) is 29.8 Å². The molecule has 1 aliphatic rings. The number of pyridine rings is 2. The molecule has 6 rings (SSSR count). The number of aromatic nitrogens is 2. The molecular formula is C31H28N2O5. The number of benzene rings is 3. The van der Waals surface area contributed by atoms with E-state index < -0.39 is 0 Å². The first kappa shape index (κ1) is 26.2. The molecule has 0 saturated heterocycles. The van der Waals surface area contributed by atoms with Gasteiger partial charge in [-0.1, -0.05) is 48.5 Å². The van der Waals surface area contributed by atoms with Crippen molar-refractivity contribution in [3.8, 4) is 11.5 Å². The van der Waals surface area contributed by atoms with Crippen LogP contribution in [0.15, 0.2) is 103 Å². The van der Waals surface area contributed by atoms with Crippen LogP contribution in [-0.2, 0) is 16.0 Å². The van der Waals surface area contributed by atoms with Crippen molar-refractivity contribution in [3.63, 3.8) is 0 Å². The molecule has 0 radical (unpaired) electrons. The van der Waals surface area contributed by atoms with Crippen molar-refractivity contribution < 1.29 is 23.7 Å². The summed E-state index contributed by atoms with van der Waals surface area (Å²) in [5, 5.41) is 13.2. The van der Waals surface area contributed by atoms with E-state index >= 15 is 0 Å². The van der Waals surface area contributed by atoms with E-state index in [0.29, 0.717) is 17.7 Å². The maximum atomic E-state index is 11.3. The van der Waals surface area contributed by atoms with Gasteiger partial charge in [0.1, 0.15) is 17.3 Å². The van der Waals surface area contributed by atoms with E-state index in [1.807, 2.05) is 72.8 Å². The average molecular weight is 509 g/mol. The average Bonchev–Trinajstić information content (AvgIpc) is 2.97.